The molecule has 3 nitrogen and oxygen atoms in total. The van der Waals surface area contributed by atoms with Crippen molar-refractivity contribution in [2.45, 2.75) is 19.9 Å². The SMILES string of the molecule is COc1cc(C)ccc1Oc1ccc(C(C)N)c(Cl)c1. The third kappa shape index (κ3) is 3.24. The van der Waals surface area contributed by atoms with Gasteiger partial charge >= 0.3 is 0 Å². The molecule has 0 spiro atoms. The zero-order valence-electron chi connectivity index (χ0n) is 11.8. The highest BCUT2D eigenvalue weighted by atomic mass is 35.5. The third-order valence-corrected chi connectivity index (χ3v) is 3.34. The minimum atomic E-state index is -0.106. The molecule has 106 valence electrons. The lowest BCUT2D eigenvalue weighted by atomic mass is 10.1. The zero-order valence-corrected chi connectivity index (χ0v) is 12.6. The molecule has 2 rings (SSSR count). The Labute approximate surface area is 124 Å². The van der Waals surface area contributed by atoms with Gasteiger partial charge in [0.05, 0.1) is 7.11 Å². The molecule has 0 bridgehead atoms. The van der Waals surface area contributed by atoms with Crippen LogP contribution in [0.15, 0.2) is 36.4 Å². The fraction of sp³-hybridized carbons (Fsp3) is 0.250. The van der Waals surface area contributed by atoms with Crippen LogP contribution in [0.4, 0.5) is 0 Å². The highest BCUT2D eigenvalue weighted by Gasteiger charge is 2.09. The van der Waals surface area contributed by atoms with Gasteiger partial charge in [0.25, 0.3) is 0 Å². The Kier molecular flexibility index (Phi) is 4.53. The van der Waals surface area contributed by atoms with E-state index in [-0.39, 0.29) is 6.04 Å². The summed E-state index contributed by atoms with van der Waals surface area (Å²) in [5.74, 6) is 2.00. The lowest BCUT2D eigenvalue weighted by Crippen LogP contribution is -2.05. The largest absolute Gasteiger partial charge is 0.493 e. The number of hydrogen-bond donors (Lipinski definition) is 1. The summed E-state index contributed by atoms with van der Waals surface area (Å²) in [5, 5.41) is 0.601. The van der Waals surface area contributed by atoms with E-state index in [2.05, 4.69) is 0 Å². The molecule has 4 heteroatoms. The smallest absolute Gasteiger partial charge is 0.169 e. The maximum Gasteiger partial charge on any atom is 0.169 e. The zero-order chi connectivity index (χ0) is 14.7. The van der Waals surface area contributed by atoms with Crippen LogP contribution in [0.2, 0.25) is 5.02 Å². The third-order valence-electron chi connectivity index (χ3n) is 3.01. The summed E-state index contributed by atoms with van der Waals surface area (Å²) in [6.07, 6.45) is 0. The Balaban J connectivity index is 2.28. The van der Waals surface area contributed by atoms with Crippen LogP contribution in [0, 0.1) is 6.92 Å². The predicted molar refractivity (Wildman–Crippen MR) is 81.9 cm³/mol. The quantitative estimate of drug-likeness (QED) is 0.904. The normalized spacial score (nSPS) is 12.1. The molecule has 0 aliphatic rings. The summed E-state index contributed by atoms with van der Waals surface area (Å²) in [4.78, 5) is 0. The number of rotatable bonds is 4. The van der Waals surface area contributed by atoms with Gasteiger partial charge in [-0.15, -0.1) is 0 Å². The van der Waals surface area contributed by atoms with E-state index in [4.69, 9.17) is 26.8 Å². The van der Waals surface area contributed by atoms with Crippen molar-refractivity contribution in [2.75, 3.05) is 7.11 Å². The topological polar surface area (TPSA) is 44.5 Å². The highest BCUT2D eigenvalue weighted by molar-refractivity contribution is 6.31. The second-order valence-corrected chi connectivity index (χ2v) is 5.14. The van der Waals surface area contributed by atoms with Crippen molar-refractivity contribution in [3.8, 4) is 17.2 Å². The van der Waals surface area contributed by atoms with Gasteiger partial charge in [0.2, 0.25) is 0 Å². The molecule has 0 saturated heterocycles. The standard InChI is InChI=1S/C16H18ClNO2/c1-10-4-7-15(16(8-10)19-3)20-12-5-6-13(11(2)18)14(17)9-12/h4-9,11H,18H2,1-3H3. The molecule has 2 N–H and O–H groups in total. The number of hydrogen-bond acceptors (Lipinski definition) is 3. The van der Waals surface area contributed by atoms with Crippen molar-refractivity contribution in [3.63, 3.8) is 0 Å². The summed E-state index contributed by atoms with van der Waals surface area (Å²) >= 11 is 6.20. The molecular weight excluding hydrogens is 274 g/mol. The van der Waals surface area contributed by atoms with Gasteiger partial charge in [0.15, 0.2) is 11.5 Å². The van der Waals surface area contributed by atoms with E-state index < -0.39 is 0 Å². The van der Waals surface area contributed by atoms with E-state index in [1.54, 1.807) is 13.2 Å². The lowest BCUT2D eigenvalue weighted by Gasteiger charge is -2.13. The van der Waals surface area contributed by atoms with Gasteiger partial charge in [-0.05, 0) is 49.2 Å². The molecule has 0 heterocycles. The number of halogens is 1. The first-order chi connectivity index (χ1) is 9.51. The van der Waals surface area contributed by atoms with Crippen molar-refractivity contribution in [1.29, 1.82) is 0 Å². The Morgan fingerprint density at radius 3 is 2.45 bits per heavy atom. The molecule has 20 heavy (non-hydrogen) atoms. The molecule has 0 amide bonds. The average Bonchev–Trinajstić information content (AvgIpc) is 2.40. The first-order valence-electron chi connectivity index (χ1n) is 6.39. The van der Waals surface area contributed by atoms with E-state index in [1.165, 1.54) is 0 Å². The molecule has 0 aliphatic carbocycles. The Bertz CT molecular complexity index is 611. The summed E-state index contributed by atoms with van der Waals surface area (Å²) in [6.45, 7) is 3.89. The highest BCUT2D eigenvalue weighted by Crippen LogP contribution is 2.34. The maximum absolute atomic E-state index is 6.20. The van der Waals surface area contributed by atoms with Crippen LogP contribution in [0.1, 0.15) is 24.1 Å². The number of methoxy groups -OCH3 is 1. The Morgan fingerprint density at radius 2 is 1.85 bits per heavy atom. The molecule has 0 fully saturated rings. The van der Waals surface area contributed by atoms with Crippen molar-refractivity contribution in [2.24, 2.45) is 5.73 Å². The first-order valence-corrected chi connectivity index (χ1v) is 6.76. The molecule has 2 aromatic carbocycles. The fourth-order valence-corrected chi connectivity index (χ4v) is 2.27. The van der Waals surface area contributed by atoms with Crippen LogP contribution in [0.5, 0.6) is 17.2 Å². The molecule has 0 radical (unpaired) electrons. The number of ether oxygens (including phenoxy) is 2. The number of aryl methyl sites for hydroxylation is 1. The van der Waals surface area contributed by atoms with Crippen LogP contribution < -0.4 is 15.2 Å². The molecule has 0 aromatic heterocycles. The Hall–Kier alpha value is -1.71. The first kappa shape index (κ1) is 14.7. The van der Waals surface area contributed by atoms with E-state index in [0.29, 0.717) is 22.3 Å². The van der Waals surface area contributed by atoms with E-state index >= 15 is 0 Å². The van der Waals surface area contributed by atoms with Crippen LogP contribution in [0.3, 0.4) is 0 Å². The number of benzene rings is 2. The van der Waals surface area contributed by atoms with Gasteiger partial charge < -0.3 is 15.2 Å². The minimum absolute atomic E-state index is 0.106. The second kappa shape index (κ2) is 6.16. The fourth-order valence-electron chi connectivity index (χ4n) is 1.93. The average molecular weight is 292 g/mol. The van der Waals surface area contributed by atoms with Gasteiger partial charge in [-0.2, -0.15) is 0 Å². The number of nitrogens with two attached hydrogens (primary N) is 1. The van der Waals surface area contributed by atoms with E-state index in [1.807, 2.05) is 44.2 Å². The van der Waals surface area contributed by atoms with Gasteiger partial charge in [-0.1, -0.05) is 23.7 Å². The summed E-state index contributed by atoms with van der Waals surface area (Å²) in [6, 6.07) is 11.2. The van der Waals surface area contributed by atoms with Gasteiger partial charge in [-0.25, -0.2) is 0 Å². The lowest BCUT2D eigenvalue weighted by molar-refractivity contribution is 0.378. The summed E-state index contributed by atoms with van der Waals surface area (Å²) in [7, 11) is 1.62. The van der Waals surface area contributed by atoms with Crippen molar-refractivity contribution in [3.05, 3.63) is 52.5 Å². The van der Waals surface area contributed by atoms with E-state index in [0.717, 1.165) is 11.1 Å². The van der Waals surface area contributed by atoms with Crippen LogP contribution in [0.25, 0.3) is 0 Å². The monoisotopic (exact) mass is 291 g/mol. The maximum atomic E-state index is 6.20. The van der Waals surface area contributed by atoms with Gasteiger partial charge in [-0.3, -0.25) is 0 Å². The molecule has 1 atom stereocenters. The molecule has 0 aliphatic heterocycles. The van der Waals surface area contributed by atoms with Gasteiger partial charge in [0.1, 0.15) is 5.75 Å². The van der Waals surface area contributed by atoms with Crippen molar-refractivity contribution >= 4 is 11.6 Å². The van der Waals surface area contributed by atoms with Crippen LogP contribution in [-0.2, 0) is 0 Å². The molecule has 0 saturated carbocycles. The van der Waals surface area contributed by atoms with Crippen molar-refractivity contribution in [1.82, 2.24) is 0 Å². The second-order valence-electron chi connectivity index (χ2n) is 4.73. The summed E-state index contributed by atoms with van der Waals surface area (Å²) < 4.78 is 11.1. The van der Waals surface area contributed by atoms with Crippen LogP contribution in [-0.4, -0.2) is 7.11 Å². The molecule has 2 aromatic rings. The summed E-state index contributed by atoms with van der Waals surface area (Å²) in [5.41, 5.74) is 7.84. The molecular formula is C16H18ClNO2. The van der Waals surface area contributed by atoms with Crippen molar-refractivity contribution < 1.29 is 9.47 Å². The Morgan fingerprint density at radius 1 is 1.10 bits per heavy atom. The minimum Gasteiger partial charge on any atom is -0.493 e. The molecule has 1 unspecified atom stereocenters. The van der Waals surface area contributed by atoms with Gasteiger partial charge in [0, 0.05) is 11.1 Å². The van der Waals surface area contributed by atoms with E-state index in [9.17, 15) is 0 Å². The van der Waals surface area contributed by atoms with Crippen LogP contribution >= 0.6 is 11.6 Å². The predicted octanol–water partition coefficient (Wildman–Crippen LogP) is 4.47.